The molecule has 0 heterocycles. The lowest BCUT2D eigenvalue weighted by molar-refractivity contribution is -0.274. The number of carbonyl (C=O) groups is 1. The highest BCUT2D eigenvalue weighted by Crippen LogP contribution is 2.42. The van der Waals surface area contributed by atoms with E-state index in [-0.39, 0.29) is 11.5 Å². The number of benzene rings is 2. The van der Waals surface area contributed by atoms with E-state index in [9.17, 15) is 31.1 Å². The zero-order chi connectivity index (χ0) is 22.7. The number of alkyl halides is 6. The number of esters is 1. The molecule has 0 aliphatic carbocycles. The van der Waals surface area contributed by atoms with E-state index >= 15 is 0 Å². The topological polar surface area (TPSA) is 63.2 Å². The van der Waals surface area contributed by atoms with Crippen molar-refractivity contribution in [2.45, 2.75) is 12.5 Å². The van der Waals surface area contributed by atoms with Gasteiger partial charge in [-0.25, -0.2) is 4.79 Å². The molecule has 30 heavy (non-hydrogen) atoms. The highest BCUT2D eigenvalue weighted by atomic mass is 19.4. The van der Waals surface area contributed by atoms with Crippen LogP contribution in [0.3, 0.4) is 0 Å². The molecule has 2 rings (SSSR count). The van der Waals surface area contributed by atoms with Crippen LogP contribution in [0.1, 0.15) is 15.9 Å². The van der Waals surface area contributed by atoms with Gasteiger partial charge in [0, 0.05) is 6.07 Å². The molecule has 2 aromatic carbocycles. The van der Waals surface area contributed by atoms with Crippen LogP contribution in [0.4, 0.5) is 26.3 Å². The zero-order valence-corrected chi connectivity index (χ0v) is 15.6. The number of methoxy groups -OCH3 is 3. The SMILES string of the molecule is COC(=O)c1c(OC)cc(C(F)(F)F)cc1Oc1ccc(OC(F)(F)F)cc1OC. The maximum absolute atomic E-state index is 13.2. The summed E-state index contributed by atoms with van der Waals surface area (Å²) in [7, 11) is 3.12. The zero-order valence-electron chi connectivity index (χ0n) is 15.6. The number of halogens is 6. The van der Waals surface area contributed by atoms with Crippen LogP contribution >= 0.6 is 0 Å². The van der Waals surface area contributed by atoms with Crippen molar-refractivity contribution in [1.82, 2.24) is 0 Å². The summed E-state index contributed by atoms with van der Waals surface area (Å²) in [6.45, 7) is 0. The predicted molar refractivity (Wildman–Crippen MR) is 89.1 cm³/mol. The molecule has 0 bridgehead atoms. The fourth-order valence-corrected chi connectivity index (χ4v) is 2.35. The Hall–Kier alpha value is -3.31. The fraction of sp³-hybridized carbons (Fsp3) is 0.278. The molecule has 6 nitrogen and oxygen atoms in total. The molecule has 0 aliphatic heterocycles. The van der Waals surface area contributed by atoms with Crippen molar-refractivity contribution >= 4 is 5.97 Å². The Morgan fingerprint density at radius 3 is 1.90 bits per heavy atom. The molecule has 164 valence electrons. The maximum atomic E-state index is 13.2. The first-order valence-electron chi connectivity index (χ1n) is 7.88. The minimum atomic E-state index is -4.97. The second kappa shape index (κ2) is 8.59. The Labute approximate surface area is 165 Å². The van der Waals surface area contributed by atoms with Gasteiger partial charge in [0.25, 0.3) is 0 Å². The average Bonchev–Trinajstić information content (AvgIpc) is 2.65. The van der Waals surface area contributed by atoms with Gasteiger partial charge in [-0.2, -0.15) is 13.2 Å². The fourth-order valence-electron chi connectivity index (χ4n) is 2.35. The summed E-state index contributed by atoms with van der Waals surface area (Å²) in [5.74, 6) is -3.41. The van der Waals surface area contributed by atoms with E-state index in [1.807, 2.05) is 0 Å². The van der Waals surface area contributed by atoms with Crippen LogP contribution in [0.25, 0.3) is 0 Å². The van der Waals surface area contributed by atoms with Gasteiger partial charge in [-0.05, 0) is 24.3 Å². The van der Waals surface area contributed by atoms with Gasteiger partial charge in [-0.15, -0.1) is 13.2 Å². The van der Waals surface area contributed by atoms with Gasteiger partial charge in [0.15, 0.2) is 11.5 Å². The first-order chi connectivity index (χ1) is 13.9. The van der Waals surface area contributed by atoms with E-state index in [1.165, 1.54) is 0 Å². The number of carbonyl (C=O) groups excluding carboxylic acids is 1. The van der Waals surface area contributed by atoms with Crippen molar-refractivity contribution in [2.24, 2.45) is 0 Å². The number of hydrogen-bond donors (Lipinski definition) is 0. The van der Waals surface area contributed by atoms with E-state index in [4.69, 9.17) is 14.2 Å². The summed E-state index contributed by atoms with van der Waals surface area (Å²) < 4.78 is 100. The van der Waals surface area contributed by atoms with Gasteiger partial charge in [-0.3, -0.25) is 0 Å². The van der Waals surface area contributed by atoms with Gasteiger partial charge in [0.2, 0.25) is 0 Å². The molecular weight excluding hydrogens is 426 g/mol. The van der Waals surface area contributed by atoms with Crippen molar-refractivity contribution < 1.29 is 54.8 Å². The second-order valence-electron chi connectivity index (χ2n) is 5.50. The minimum absolute atomic E-state index is 0.293. The third kappa shape index (κ3) is 5.39. The van der Waals surface area contributed by atoms with Gasteiger partial charge in [0.1, 0.15) is 22.8 Å². The smallest absolute Gasteiger partial charge is 0.496 e. The maximum Gasteiger partial charge on any atom is 0.573 e. The molecule has 0 aliphatic rings. The largest absolute Gasteiger partial charge is 0.573 e. The lowest BCUT2D eigenvalue weighted by atomic mass is 10.1. The first kappa shape index (κ1) is 23.0. The molecule has 0 saturated heterocycles. The van der Waals surface area contributed by atoms with E-state index < -0.39 is 46.9 Å². The number of ether oxygens (including phenoxy) is 5. The van der Waals surface area contributed by atoms with Crippen LogP contribution in [-0.4, -0.2) is 33.7 Å². The Morgan fingerprint density at radius 1 is 0.800 bits per heavy atom. The first-order valence-corrected chi connectivity index (χ1v) is 7.88. The van der Waals surface area contributed by atoms with Crippen molar-refractivity contribution in [3.05, 3.63) is 41.5 Å². The lowest BCUT2D eigenvalue weighted by Crippen LogP contribution is -2.17. The number of rotatable bonds is 6. The van der Waals surface area contributed by atoms with Crippen LogP contribution < -0.4 is 18.9 Å². The monoisotopic (exact) mass is 440 g/mol. The van der Waals surface area contributed by atoms with Crippen molar-refractivity contribution in [3.63, 3.8) is 0 Å². The molecule has 0 radical (unpaired) electrons. The predicted octanol–water partition coefficient (Wildman–Crippen LogP) is 5.20. The summed E-state index contributed by atoms with van der Waals surface area (Å²) in [6, 6.07) is 3.73. The average molecular weight is 440 g/mol. The summed E-state index contributed by atoms with van der Waals surface area (Å²) >= 11 is 0. The summed E-state index contributed by atoms with van der Waals surface area (Å²) in [5.41, 5.74) is -1.66. The Balaban J connectivity index is 2.59. The molecule has 2 aromatic rings. The molecule has 0 aromatic heterocycles. The highest BCUT2D eigenvalue weighted by Gasteiger charge is 2.35. The molecular formula is C18H14F6O6. The summed E-state index contributed by atoms with van der Waals surface area (Å²) in [4.78, 5) is 12.1. The van der Waals surface area contributed by atoms with E-state index in [2.05, 4.69) is 9.47 Å². The minimum Gasteiger partial charge on any atom is -0.496 e. The molecule has 12 heteroatoms. The molecule has 0 amide bonds. The van der Waals surface area contributed by atoms with Crippen LogP contribution in [0.5, 0.6) is 28.7 Å². The van der Waals surface area contributed by atoms with Crippen LogP contribution in [-0.2, 0) is 10.9 Å². The lowest BCUT2D eigenvalue weighted by Gasteiger charge is -2.18. The molecule has 0 fully saturated rings. The molecule has 0 atom stereocenters. The summed E-state index contributed by atoms with van der Waals surface area (Å²) in [6.07, 6.45) is -9.78. The van der Waals surface area contributed by atoms with Gasteiger partial charge in [0.05, 0.1) is 26.9 Å². The van der Waals surface area contributed by atoms with Gasteiger partial charge in [-0.1, -0.05) is 0 Å². The Bertz CT molecular complexity index is 923. The van der Waals surface area contributed by atoms with Crippen LogP contribution in [0.2, 0.25) is 0 Å². The standard InChI is InChI=1S/C18H14F6O6/c1-26-12-8-10(30-18(22,23)24)4-5-11(12)29-14-7-9(17(19,20)21)6-13(27-2)15(14)16(25)28-3/h4-8H,1-3H3. The van der Waals surface area contributed by atoms with Crippen LogP contribution in [0, 0.1) is 0 Å². The summed E-state index contributed by atoms with van der Waals surface area (Å²) in [5, 5.41) is 0. The van der Waals surface area contributed by atoms with E-state index in [0.29, 0.717) is 12.1 Å². The molecule has 0 unspecified atom stereocenters. The molecule has 0 saturated carbocycles. The van der Waals surface area contributed by atoms with Gasteiger partial charge >= 0.3 is 18.5 Å². The molecule has 0 N–H and O–H groups in total. The van der Waals surface area contributed by atoms with Crippen molar-refractivity contribution in [1.29, 1.82) is 0 Å². The highest BCUT2D eigenvalue weighted by molar-refractivity contribution is 5.96. The third-order valence-corrected chi connectivity index (χ3v) is 3.59. The van der Waals surface area contributed by atoms with Crippen molar-refractivity contribution in [3.8, 4) is 28.7 Å². The van der Waals surface area contributed by atoms with E-state index in [1.54, 1.807) is 0 Å². The Kier molecular flexibility index (Phi) is 6.58. The normalized spacial score (nSPS) is 11.6. The number of hydrogen-bond acceptors (Lipinski definition) is 6. The van der Waals surface area contributed by atoms with E-state index in [0.717, 1.165) is 39.5 Å². The Morgan fingerprint density at radius 2 is 1.40 bits per heavy atom. The quantitative estimate of drug-likeness (QED) is 0.455. The molecule has 0 spiro atoms. The third-order valence-electron chi connectivity index (χ3n) is 3.59. The van der Waals surface area contributed by atoms with Crippen LogP contribution in [0.15, 0.2) is 30.3 Å². The van der Waals surface area contributed by atoms with Crippen molar-refractivity contribution in [2.75, 3.05) is 21.3 Å². The van der Waals surface area contributed by atoms with Gasteiger partial charge < -0.3 is 23.7 Å². The second-order valence-corrected chi connectivity index (χ2v) is 5.50.